The maximum Gasteiger partial charge on any atom is 0.289 e. The molecule has 1 saturated heterocycles. The summed E-state index contributed by atoms with van der Waals surface area (Å²) in [6, 6.07) is 7.51. The summed E-state index contributed by atoms with van der Waals surface area (Å²) in [5, 5.41) is 18.3. The lowest BCUT2D eigenvalue weighted by Crippen LogP contribution is -2.48. The molecule has 0 unspecified atom stereocenters. The molecule has 9 nitrogen and oxygen atoms in total. The number of carbonyl (C=O) groups excluding carboxylic acids is 2. The molecule has 0 radical (unpaired) electrons. The van der Waals surface area contributed by atoms with E-state index in [0.717, 1.165) is 23.8 Å². The predicted molar refractivity (Wildman–Crippen MR) is 113 cm³/mol. The van der Waals surface area contributed by atoms with Crippen LogP contribution in [0, 0.1) is 0 Å². The number of furan rings is 1. The molecule has 0 saturated carbocycles. The number of aryl methyl sites for hydroxylation is 1. The number of nitrogens with zero attached hydrogens (tertiary/aromatic N) is 5. The normalized spacial score (nSPS) is 19.0. The minimum atomic E-state index is -0.176. The highest BCUT2D eigenvalue weighted by atomic mass is 16.3. The summed E-state index contributed by atoms with van der Waals surface area (Å²) in [6.45, 7) is 0.967. The van der Waals surface area contributed by atoms with Gasteiger partial charge < -0.3 is 19.3 Å². The second-order valence-corrected chi connectivity index (χ2v) is 8.18. The third kappa shape index (κ3) is 4.46. The molecule has 1 fully saturated rings. The van der Waals surface area contributed by atoms with Gasteiger partial charge in [0.2, 0.25) is 5.91 Å². The Morgan fingerprint density at radius 2 is 2.10 bits per heavy atom. The van der Waals surface area contributed by atoms with Crippen LogP contribution >= 0.6 is 0 Å². The largest absolute Gasteiger partial charge is 0.451 e. The van der Waals surface area contributed by atoms with E-state index in [9.17, 15) is 14.7 Å². The summed E-state index contributed by atoms with van der Waals surface area (Å²) in [6.07, 6.45) is 5.24. The summed E-state index contributed by atoms with van der Waals surface area (Å²) in [4.78, 5) is 28.4. The molecule has 2 atom stereocenters. The molecule has 0 bridgehead atoms. The topological polar surface area (TPSA) is 105 Å². The van der Waals surface area contributed by atoms with Crippen molar-refractivity contribution in [1.29, 1.82) is 0 Å². The average molecular weight is 425 g/mol. The first-order valence-electron chi connectivity index (χ1n) is 10.5. The van der Waals surface area contributed by atoms with Gasteiger partial charge >= 0.3 is 0 Å². The van der Waals surface area contributed by atoms with Crippen molar-refractivity contribution in [3.8, 4) is 0 Å². The van der Waals surface area contributed by atoms with Crippen molar-refractivity contribution >= 4 is 22.8 Å². The second-order valence-electron chi connectivity index (χ2n) is 8.18. The second kappa shape index (κ2) is 8.89. The van der Waals surface area contributed by atoms with Gasteiger partial charge in [-0.05, 0) is 36.6 Å². The third-order valence-electron chi connectivity index (χ3n) is 5.89. The van der Waals surface area contributed by atoms with Crippen molar-refractivity contribution in [3.05, 3.63) is 48.0 Å². The Balaban J connectivity index is 1.50. The van der Waals surface area contributed by atoms with Crippen molar-refractivity contribution in [2.45, 2.75) is 37.8 Å². The van der Waals surface area contributed by atoms with Crippen LogP contribution in [-0.4, -0.2) is 75.0 Å². The molecule has 3 aromatic rings. The van der Waals surface area contributed by atoms with Crippen LogP contribution in [0.2, 0.25) is 0 Å². The van der Waals surface area contributed by atoms with Crippen LogP contribution < -0.4 is 0 Å². The van der Waals surface area contributed by atoms with Gasteiger partial charge in [-0.2, -0.15) is 0 Å². The maximum atomic E-state index is 12.9. The molecule has 1 aliphatic heterocycles. The van der Waals surface area contributed by atoms with Gasteiger partial charge in [-0.15, -0.1) is 5.10 Å². The number of rotatable bonds is 6. The summed E-state index contributed by atoms with van der Waals surface area (Å²) in [7, 11) is 3.38. The third-order valence-corrected chi connectivity index (χ3v) is 5.89. The van der Waals surface area contributed by atoms with Gasteiger partial charge in [-0.3, -0.25) is 14.3 Å². The van der Waals surface area contributed by atoms with Crippen LogP contribution in [0.4, 0.5) is 0 Å². The fourth-order valence-electron chi connectivity index (χ4n) is 4.14. The van der Waals surface area contributed by atoms with E-state index in [2.05, 4.69) is 10.3 Å². The Labute approximate surface area is 180 Å². The number of aliphatic hydroxyl groups is 1. The maximum absolute atomic E-state index is 12.9. The highest BCUT2D eigenvalue weighted by molar-refractivity contribution is 5.96. The van der Waals surface area contributed by atoms with E-state index in [1.165, 1.54) is 4.90 Å². The molecule has 2 aromatic heterocycles. The lowest BCUT2D eigenvalue weighted by Gasteiger charge is -2.39. The van der Waals surface area contributed by atoms with Crippen molar-refractivity contribution in [3.63, 3.8) is 0 Å². The zero-order valence-corrected chi connectivity index (χ0v) is 17.8. The molecular formula is C22H27N5O4. The Hall–Kier alpha value is -3.20. The van der Waals surface area contributed by atoms with Crippen molar-refractivity contribution in [2.75, 3.05) is 27.2 Å². The van der Waals surface area contributed by atoms with Crippen molar-refractivity contribution in [2.24, 2.45) is 0 Å². The summed E-state index contributed by atoms with van der Waals surface area (Å²) in [5.41, 5.74) is 1.77. The predicted octanol–water partition coefficient (Wildman–Crippen LogP) is 1.88. The van der Waals surface area contributed by atoms with E-state index < -0.39 is 0 Å². The number of aromatic nitrogens is 3. The summed E-state index contributed by atoms with van der Waals surface area (Å²) >= 11 is 0. The van der Waals surface area contributed by atoms with Gasteiger partial charge in [0.1, 0.15) is 5.58 Å². The SMILES string of the molecule is CN(C)C(=O)c1cc2cc([C@@H]3CC[C@@H](CO)N(C(=O)CCn4ccnn4)C3)ccc2o1. The van der Waals surface area contributed by atoms with Gasteiger partial charge in [0.25, 0.3) is 5.91 Å². The molecule has 0 aliphatic carbocycles. The van der Waals surface area contributed by atoms with Crippen LogP contribution in [0.3, 0.4) is 0 Å². The number of fused-ring (bicyclic) bond motifs is 1. The fraction of sp³-hybridized carbons (Fsp3) is 0.455. The van der Waals surface area contributed by atoms with E-state index in [1.54, 1.807) is 42.1 Å². The van der Waals surface area contributed by atoms with E-state index in [1.807, 2.05) is 18.2 Å². The zero-order valence-electron chi connectivity index (χ0n) is 17.8. The minimum absolute atomic E-state index is 0.00232. The van der Waals surface area contributed by atoms with Crippen LogP contribution in [0.15, 0.2) is 41.1 Å². The number of aliphatic hydroxyl groups excluding tert-OH is 1. The van der Waals surface area contributed by atoms with Gasteiger partial charge in [0.05, 0.1) is 25.4 Å². The molecule has 2 amide bonds. The number of benzene rings is 1. The average Bonchev–Trinajstić information content (AvgIpc) is 3.45. The van der Waals surface area contributed by atoms with E-state index in [-0.39, 0.29) is 30.4 Å². The first-order valence-corrected chi connectivity index (χ1v) is 10.5. The minimum Gasteiger partial charge on any atom is -0.451 e. The number of piperidine rings is 1. The van der Waals surface area contributed by atoms with Gasteiger partial charge in [-0.1, -0.05) is 11.3 Å². The first-order chi connectivity index (χ1) is 15.0. The van der Waals surface area contributed by atoms with Crippen LogP contribution in [0.25, 0.3) is 11.0 Å². The van der Waals surface area contributed by atoms with E-state index in [4.69, 9.17) is 4.42 Å². The molecule has 1 N–H and O–H groups in total. The van der Waals surface area contributed by atoms with Crippen molar-refractivity contribution in [1.82, 2.24) is 24.8 Å². The van der Waals surface area contributed by atoms with Crippen LogP contribution in [0.5, 0.6) is 0 Å². The highest BCUT2D eigenvalue weighted by Crippen LogP contribution is 2.33. The van der Waals surface area contributed by atoms with Gasteiger partial charge in [-0.25, -0.2) is 0 Å². The number of amides is 2. The summed E-state index contributed by atoms with van der Waals surface area (Å²) < 4.78 is 7.32. The Morgan fingerprint density at radius 1 is 1.26 bits per heavy atom. The molecule has 164 valence electrons. The monoisotopic (exact) mass is 425 g/mol. The highest BCUT2D eigenvalue weighted by Gasteiger charge is 2.32. The number of likely N-dealkylation sites (tertiary alicyclic amines) is 1. The molecule has 0 spiro atoms. The molecule has 1 aromatic carbocycles. The first kappa shape index (κ1) is 21.0. The number of carbonyl (C=O) groups is 2. The molecule has 1 aliphatic rings. The molecule has 3 heterocycles. The Bertz CT molecular complexity index is 1060. The smallest absolute Gasteiger partial charge is 0.289 e. The van der Waals surface area contributed by atoms with Crippen LogP contribution in [0.1, 0.15) is 41.3 Å². The van der Waals surface area contributed by atoms with Crippen LogP contribution in [-0.2, 0) is 11.3 Å². The molecule has 4 rings (SSSR count). The lowest BCUT2D eigenvalue weighted by atomic mass is 9.87. The Morgan fingerprint density at radius 3 is 2.81 bits per heavy atom. The number of hydrogen-bond donors (Lipinski definition) is 1. The fourth-order valence-corrected chi connectivity index (χ4v) is 4.14. The lowest BCUT2D eigenvalue weighted by molar-refractivity contribution is -0.136. The standard InChI is InChI=1S/C22H27N5O4/c1-25(2)22(30)20-12-17-11-15(4-6-19(17)31-20)16-3-5-18(14-28)27(13-16)21(29)7-9-26-10-8-23-24-26/h4,6,8,10-12,16,18,28H,3,5,7,9,13-14H2,1-2H3/t16-,18+/m1/s1. The number of hydrogen-bond acceptors (Lipinski definition) is 6. The molecule has 31 heavy (non-hydrogen) atoms. The van der Waals surface area contributed by atoms with Crippen molar-refractivity contribution < 1.29 is 19.1 Å². The van der Waals surface area contributed by atoms with E-state index >= 15 is 0 Å². The van der Waals surface area contributed by atoms with Gasteiger partial charge in [0, 0.05) is 44.6 Å². The van der Waals surface area contributed by atoms with E-state index in [0.29, 0.717) is 30.9 Å². The molecular weight excluding hydrogens is 398 g/mol. The summed E-state index contributed by atoms with van der Waals surface area (Å²) in [5.74, 6) is 0.296. The Kier molecular flexibility index (Phi) is 6.03. The quantitative estimate of drug-likeness (QED) is 0.647. The molecule has 9 heteroatoms. The van der Waals surface area contributed by atoms with Gasteiger partial charge in [0.15, 0.2) is 5.76 Å². The zero-order chi connectivity index (χ0) is 22.0.